The lowest BCUT2D eigenvalue weighted by Crippen LogP contribution is -1.91. The second kappa shape index (κ2) is 4.19. The van der Waals surface area contributed by atoms with Crippen LogP contribution in [0.5, 0.6) is 0 Å². The highest BCUT2D eigenvalue weighted by Crippen LogP contribution is 2.19. The predicted molar refractivity (Wildman–Crippen MR) is 53.2 cm³/mol. The van der Waals surface area contributed by atoms with Crippen molar-refractivity contribution < 1.29 is 4.39 Å². The first-order valence-corrected chi connectivity index (χ1v) is 4.14. The van der Waals surface area contributed by atoms with Gasteiger partial charge >= 0.3 is 0 Å². The molecule has 68 valence electrons. The summed E-state index contributed by atoms with van der Waals surface area (Å²) in [5.74, 6) is -0.486. The summed E-state index contributed by atoms with van der Waals surface area (Å²) >= 11 is 5.52. The van der Waals surface area contributed by atoms with Crippen LogP contribution in [-0.4, -0.2) is 4.98 Å². The van der Waals surface area contributed by atoms with Crippen LogP contribution in [0.25, 0.3) is 6.08 Å². The average Bonchev–Trinajstić information content (AvgIpc) is 2.12. The molecule has 0 aliphatic rings. The van der Waals surface area contributed by atoms with Gasteiger partial charge in [-0.25, -0.2) is 9.37 Å². The van der Waals surface area contributed by atoms with Gasteiger partial charge in [-0.05, 0) is 12.5 Å². The predicted octanol–water partition coefficient (Wildman–Crippen LogP) is 3.38. The topological polar surface area (TPSA) is 12.9 Å². The van der Waals surface area contributed by atoms with Crippen LogP contribution in [0.2, 0.25) is 5.15 Å². The number of hydrogen-bond donors (Lipinski definition) is 0. The highest BCUT2D eigenvalue weighted by molar-refractivity contribution is 6.29. The van der Waals surface area contributed by atoms with Crippen molar-refractivity contribution in [3.8, 4) is 0 Å². The SMILES string of the molecule is C=C/C=C/c1c(C)cnc(Cl)c1F. The van der Waals surface area contributed by atoms with E-state index in [4.69, 9.17) is 11.6 Å². The van der Waals surface area contributed by atoms with Crippen molar-refractivity contribution in [2.75, 3.05) is 0 Å². The van der Waals surface area contributed by atoms with Gasteiger partial charge in [0.15, 0.2) is 11.0 Å². The summed E-state index contributed by atoms with van der Waals surface area (Å²) in [4.78, 5) is 3.68. The maximum absolute atomic E-state index is 13.3. The van der Waals surface area contributed by atoms with E-state index in [1.54, 1.807) is 25.2 Å². The third kappa shape index (κ3) is 2.16. The number of hydrogen-bond acceptors (Lipinski definition) is 1. The Morgan fingerprint density at radius 2 is 2.31 bits per heavy atom. The number of halogens is 2. The first-order chi connectivity index (χ1) is 6.16. The molecule has 3 heteroatoms. The van der Waals surface area contributed by atoms with Crippen molar-refractivity contribution >= 4 is 17.7 Å². The lowest BCUT2D eigenvalue weighted by Gasteiger charge is -2.01. The van der Waals surface area contributed by atoms with E-state index in [0.29, 0.717) is 5.56 Å². The van der Waals surface area contributed by atoms with Gasteiger partial charge in [-0.3, -0.25) is 0 Å². The molecule has 0 bridgehead atoms. The number of rotatable bonds is 2. The Morgan fingerprint density at radius 3 is 2.92 bits per heavy atom. The Hall–Kier alpha value is -1.15. The van der Waals surface area contributed by atoms with Gasteiger partial charge in [-0.1, -0.05) is 36.4 Å². The fraction of sp³-hybridized carbons (Fsp3) is 0.100. The quantitative estimate of drug-likeness (QED) is 0.523. The molecule has 1 nitrogen and oxygen atoms in total. The zero-order valence-electron chi connectivity index (χ0n) is 7.22. The van der Waals surface area contributed by atoms with Gasteiger partial charge in [0, 0.05) is 11.8 Å². The van der Waals surface area contributed by atoms with Gasteiger partial charge in [0.05, 0.1) is 0 Å². The van der Waals surface area contributed by atoms with E-state index in [9.17, 15) is 4.39 Å². The largest absolute Gasteiger partial charge is 0.241 e. The van der Waals surface area contributed by atoms with E-state index >= 15 is 0 Å². The van der Waals surface area contributed by atoms with Crippen LogP contribution in [0.3, 0.4) is 0 Å². The molecule has 0 N–H and O–H groups in total. The van der Waals surface area contributed by atoms with Crippen LogP contribution in [0.15, 0.2) is 24.9 Å². The van der Waals surface area contributed by atoms with Crippen molar-refractivity contribution in [1.29, 1.82) is 0 Å². The first-order valence-electron chi connectivity index (χ1n) is 3.76. The molecule has 1 aromatic heterocycles. The molecule has 0 radical (unpaired) electrons. The molecule has 0 aliphatic heterocycles. The van der Waals surface area contributed by atoms with Crippen LogP contribution >= 0.6 is 11.6 Å². The molecular weight excluding hydrogens is 189 g/mol. The van der Waals surface area contributed by atoms with Crippen LogP contribution in [0, 0.1) is 12.7 Å². The standard InChI is InChI=1S/C10H9ClFN/c1-3-4-5-8-7(2)6-13-10(11)9(8)12/h3-6H,1H2,2H3/b5-4+. The fourth-order valence-electron chi connectivity index (χ4n) is 0.933. The van der Waals surface area contributed by atoms with Crippen molar-refractivity contribution in [3.05, 3.63) is 47.0 Å². The zero-order chi connectivity index (χ0) is 9.84. The van der Waals surface area contributed by atoms with Gasteiger partial charge in [-0.15, -0.1) is 0 Å². The molecule has 0 fully saturated rings. The molecule has 0 saturated heterocycles. The summed E-state index contributed by atoms with van der Waals surface area (Å²) in [6, 6.07) is 0. The van der Waals surface area contributed by atoms with Gasteiger partial charge in [0.1, 0.15) is 0 Å². The molecule has 13 heavy (non-hydrogen) atoms. The molecule has 0 aliphatic carbocycles. The maximum Gasteiger partial charge on any atom is 0.167 e. The zero-order valence-corrected chi connectivity index (χ0v) is 7.98. The highest BCUT2D eigenvalue weighted by atomic mass is 35.5. The molecular formula is C10H9ClFN. The lowest BCUT2D eigenvalue weighted by atomic mass is 10.1. The smallest absolute Gasteiger partial charge is 0.167 e. The summed E-state index contributed by atoms with van der Waals surface area (Å²) in [6.07, 6.45) is 6.38. The van der Waals surface area contributed by atoms with E-state index < -0.39 is 5.82 Å². The van der Waals surface area contributed by atoms with E-state index in [2.05, 4.69) is 11.6 Å². The molecule has 1 aromatic rings. The molecule has 0 unspecified atom stereocenters. The molecule has 0 aromatic carbocycles. The third-order valence-corrected chi connectivity index (χ3v) is 1.88. The molecule has 0 spiro atoms. The highest BCUT2D eigenvalue weighted by Gasteiger charge is 2.07. The third-order valence-electron chi connectivity index (χ3n) is 1.61. The Balaban J connectivity index is 3.25. The van der Waals surface area contributed by atoms with Crippen LogP contribution in [0.1, 0.15) is 11.1 Å². The summed E-state index contributed by atoms with van der Waals surface area (Å²) in [5.41, 5.74) is 1.21. The molecule has 0 atom stereocenters. The van der Waals surface area contributed by atoms with Crippen molar-refractivity contribution in [2.24, 2.45) is 0 Å². The Kier molecular flexibility index (Phi) is 3.20. The molecule has 0 saturated carbocycles. The molecule has 1 rings (SSSR count). The maximum atomic E-state index is 13.3. The Morgan fingerprint density at radius 1 is 1.62 bits per heavy atom. The van der Waals surface area contributed by atoms with Gasteiger partial charge in [0.25, 0.3) is 0 Å². The minimum absolute atomic E-state index is 0.102. The van der Waals surface area contributed by atoms with Crippen LogP contribution in [-0.2, 0) is 0 Å². The minimum atomic E-state index is -0.486. The second-order valence-corrected chi connectivity index (χ2v) is 2.91. The number of aryl methyl sites for hydroxylation is 1. The van der Waals surface area contributed by atoms with Crippen LogP contribution in [0.4, 0.5) is 4.39 Å². The second-order valence-electron chi connectivity index (χ2n) is 2.55. The van der Waals surface area contributed by atoms with Gasteiger partial charge in [-0.2, -0.15) is 0 Å². The van der Waals surface area contributed by atoms with E-state index in [1.165, 1.54) is 6.20 Å². The summed E-state index contributed by atoms with van der Waals surface area (Å²) in [7, 11) is 0. The number of aromatic nitrogens is 1. The van der Waals surface area contributed by atoms with E-state index in [1.807, 2.05) is 0 Å². The van der Waals surface area contributed by atoms with Gasteiger partial charge in [0.2, 0.25) is 0 Å². The molecule has 0 amide bonds. The summed E-state index contributed by atoms with van der Waals surface area (Å²) in [6.45, 7) is 5.27. The van der Waals surface area contributed by atoms with E-state index in [0.717, 1.165) is 5.56 Å². The first kappa shape index (κ1) is 9.93. The van der Waals surface area contributed by atoms with Crippen molar-refractivity contribution in [3.63, 3.8) is 0 Å². The summed E-state index contributed by atoms with van der Waals surface area (Å²) in [5, 5.41) is -0.102. The Bertz CT molecular complexity index is 358. The normalized spacial score (nSPS) is 10.7. The van der Waals surface area contributed by atoms with Gasteiger partial charge < -0.3 is 0 Å². The monoisotopic (exact) mass is 197 g/mol. The summed E-state index contributed by atoms with van der Waals surface area (Å²) < 4.78 is 13.3. The van der Waals surface area contributed by atoms with E-state index in [-0.39, 0.29) is 5.15 Å². The number of allylic oxidation sites excluding steroid dienone is 2. The minimum Gasteiger partial charge on any atom is -0.241 e. The lowest BCUT2D eigenvalue weighted by molar-refractivity contribution is 0.617. The number of pyridine rings is 1. The number of nitrogens with zero attached hydrogens (tertiary/aromatic N) is 1. The van der Waals surface area contributed by atoms with Crippen molar-refractivity contribution in [2.45, 2.75) is 6.92 Å². The average molecular weight is 198 g/mol. The van der Waals surface area contributed by atoms with Crippen molar-refractivity contribution in [1.82, 2.24) is 4.98 Å². The molecule has 1 heterocycles. The Labute approximate surface area is 81.6 Å². The van der Waals surface area contributed by atoms with Crippen LogP contribution < -0.4 is 0 Å². The fourth-order valence-corrected chi connectivity index (χ4v) is 1.08.